The molecule has 8 nitrogen and oxygen atoms in total. The highest BCUT2D eigenvalue weighted by Crippen LogP contribution is 2.24. The van der Waals surface area contributed by atoms with E-state index in [9.17, 15) is 0 Å². The number of benzene rings is 1. The lowest BCUT2D eigenvalue weighted by molar-refractivity contribution is -0.00684. The Morgan fingerprint density at radius 2 is 1.81 bits per heavy atom. The number of morpholine rings is 1. The Morgan fingerprint density at radius 1 is 1.12 bits per heavy atom. The fraction of sp³-hybridized carbons (Fsp3) is 0.708. The second kappa shape index (κ2) is 11.7. The van der Waals surface area contributed by atoms with E-state index in [0.29, 0.717) is 6.04 Å². The van der Waals surface area contributed by atoms with E-state index in [1.807, 2.05) is 6.07 Å². The normalized spacial score (nSPS) is 20.9. The highest BCUT2D eigenvalue weighted by Gasteiger charge is 2.29. The summed E-state index contributed by atoms with van der Waals surface area (Å²) in [5, 5.41) is 7.08. The van der Waals surface area contributed by atoms with Gasteiger partial charge in [0.25, 0.3) is 0 Å². The number of methoxy groups -OCH3 is 2. The molecule has 0 radical (unpaired) electrons. The van der Waals surface area contributed by atoms with Crippen LogP contribution in [0.25, 0.3) is 0 Å². The number of nitrogens with zero attached hydrogens (tertiary/aromatic N) is 3. The van der Waals surface area contributed by atoms with Crippen molar-refractivity contribution in [2.75, 3.05) is 66.7 Å². The second-order valence-corrected chi connectivity index (χ2v) is 9.19. The third-order valence-corrected chi connectivity index (χ3v) is 6.27. The second-order valence-electron chi connectivity index (χ2n) is 9.19. The fourth-order valence-electron chi connectivity index (χ4n) is 4.36. The Hall–Kier alpha value is -2.03. The van der Waals surface area contributed by atoms with Crippen molar-refractivity contribution in [2.24, 2.45) is 4.99 Å². The monoisotopic (exact) mass is 447 g/mol. The van der Waals surface area contributed by atoms with Crippen molar-refractivity contribution >= 4 is 5.96 Å². The van der Waals surface area contributed by atoms with Crippen LogP contribution in [0.4, 0.5) is 0 Å². The highest BCUT2D eigenvalue weighted by atomic mass is 16.5. The van der Waals surface area contributed by atoms with Gasteiger partial charge in [-0.2, -0.15) is 0 Å². The predicted octanol–water partition coefficient (Wildman–Crippen LogP) is 1.94. The van der Waals surface area contributed by atoms with Gasteiger partial charge in [0.05, 0.1) is 34.0 Å². The van der Waals surface area contributed by atoms with Crippen LogP contribution in [0.5, 0.6) is 11.5 Å². The first kappa shape index (κ1) is 24.6. The molecule has 2 N–H and O–H groups in total. The van der Waals surface area contributed by atoms with Crippen LogP contribution in [0.1, 0.15) is 32.8 Å². The molecular formula is C24H41N5O3. The van der Waals surface area contributed by atoms with Crippen LogP contribution in [-0.4, -0.2) is 94.0 Å². The molecule has 2 saturated heterocycles. The molecule has 8 heteroatoms. The Bertz CT molecular complexity index is 727. The average Bonchev–Trinajstić information content (AvgIpc) is 3.24. The molecular weight excluding hydrogens is 406 g/mol. The van der Waals surface area contributed by atoms with E-state index in [4.69, 9.17) is 19.2 Å². The lowest BCUT2D eigenvalue weighted by Crippen LogP contribution is -2.52. The molecule has 2 aliphatic heterocycles. The van der Waals surface area contributed by atoms with Gasteiger partial charge in [-0.15, -0.1) is 0 Å². The van der Waals surface area contributed by atoms with E-state index in [1.165, 1.54) is 5.56 Å². The van der Waals surface area contributed by atoms with E-state index in [-0.39, 0.29) is 5.54 Å². The van der Waals surface area contributed by atoms with Crippen molar-refractivity contribution in [1.82, 2.24) is 20.4 Å². The largest absolute Gasteiger partial charge is 0.497 e. The molecule has 1 atom stereocenters. The molecule has 0 saturated carbocycles. The van der Waals surface area contributed by atoms with Crippen LogP contribution in [-0.2, 0) is 11.3 Å². The molecule has 0 aliphatic carbocycles. The quantitative estimate of drug-likeness (QED) is 0.443. The first-order chi connectivity index (χ1) is 15.4. The molecule has 1 unspecified atom stereocenters. The first-order valence-electron chi connectivity index (χ1n) is 11.8. The summed E-state index contributed by atoms with van der Waals surface area (Å²) in [6.07, 6.45) is 1.10. The number of aliphatic imine (C=N–C) groups is 1. The van der Waals surface area contributed by atoms with Gasteiger partial charge in [-0.3, -0.25) is 14.8 Å². The van der Waals surface area contributed by atoms with Crippen LogP contribution < -0.4 is 20.1 Å². The molecule has 180 valence electrons. The van der Waals surface area contributed by atoms with Crippen molar-refractivity contribution in [3.8, 4) is 11.5 Å². The van der Waals surface area contributed by atoms with Gasteiger partial charge < -0.3 is 24.8 Å². The van der Waals surface area contributed by atoms with Gasteiger partial charge in [-0.25, -0.2) is 0 Å². The number of rotatable bonds is 9. The zero-order chi connectivity index (χ0) is 23.0. The summed E-state index contributed by atoms with van der Waals surface area (Å²) in [4.78, 5) is 9.88. The minimum Gasteiger partial charge on any atom is -0.497 e. The number of hydrogen-bond donors (Lipinski definition) is 2. The Labute approximate surface area is 193 Å². The average molecular weight is 448 g/mol. The molecule has 2 heterocycles. The van der Waals surface area contributed by atoms with E-state index >= 15 is 0 Å². The number of hydrogen-bond acceptors (Lipinski definition) is 6. The summed E-state index contributed by atoms with van der Waals surface area (Å²) < 4.78 is 16.3. The van der Waals surface area contributed by atoms with E-state index in [1.54, 1.807) is 14.2 Å². The van der Waals surface area contributed by atoms with Crippen molar-refractivity contribution in [3.63, 3.8) is 0 Å². The minimum atomic E-state index is 0.0132. The van der Waals surface area contributed by atoms with Crippen molar-refractivity contribution in [3.05, 3.63) is 23.8 Å². The number of ether oxygens (including phenoxy) is 3. The Morgan fingerprint density at radius 3 is 2.44 bits per heavy atom. The zero-order valence-corrected chi connectivity index (χ0v) is 20.4. The highest BCUT2D eigenvalue weighted by molar-refractivity contribution is 5.80. The zero-order valence-electron chi connectivity index (χ0n) is 20.4. The summed E-state index contributed by atoms with van der Waals surface area (Å²) in [6, 6.07) is 6.47. The maximum Gasteiger partial charge on any atom is 0.191 e. The Kier molecular flexibility index (Phi) is 9.02. The van der Waals surface area contributed by atoms with Crippen molar-refractivity contribution in [2.45, 2.75) is 45.3 Å². The molecule has 0 aromatic heterocycles. The summed E-state index contributed by atoms with van der Waals surface area (Å²) in [6.45, 7) is 14.7. The number of guanidine groups is 1. The maximum atomic E-state index is 5.51. The van der Waals surface area contributed by atoms with E-state index in [2.05, 4.69) is 53.3 Å². The van der Waals surface area contributed by atoms with E-state index in [0.717, 1.165) is 82.9 Å². The third kappa shape index (κ3) is 6.98. The number of likely N-dealkylation sites (tertiary alicyclic amines) is 1. The van der Waals surface area contributed by atoms with Crippen LogP contribution in [0.15, 0.2) is 23.2 Å². The minimum absolute atomic E-state index is 0.0132. The molecule has 1 aromatic rings. The molecule has 1 aromatic carbocycles. The molecule has 0 bridgehead atoms. The standard InChI is InChI=1S/C24H41N5O3/c1-6-25-23(26-18-24(2,3)29-9-11-32-12-10-29)27-20-7-8-28(17-20)16-19-13-21(30-4)15-22(14-19)31-5/h13-15,20H,6-12,16-18H2,1-5H3,(H2,25,26,27). The van der Waals surface area contributed by atoms with Crippen LogP contribution >= 0.6 is 0 Å². The van der Waals surface area contributed by atoms with Gasteiger partial charge in [0, 0.05) is 56.9 Å². The Balaban J connectivity index is 1.55. The van der Waals surface area contributed by atoms with Gasteiger partial charge in [0.1, 0.15) is 11.5 Å². The predicted molar refractivity (Wildman–Crippen MR) is 129 cm³/mol. The van der Waals surface area contributed by atoms with Crippen LogP contribution in [0, 0.1) is 0 Å². The molecule has 2 aliphatic rings. The molecule has 2 fully saturated rings. The molecule has 32 heavy (non-hydrogen) atoms. The molecule has 0 spiro atoms. The van der Waals surface area contributed by atoms with Crippen molar-refractivity contribution in [1.29, 1.82) is 0 Å². The topological polar surface area (TPSA) is 70.6 Å². The van der Waals surface area contributed by atoms with Gasteiger partial charge in [0.2, 0.25) is 0 Å². The summed E-state index contributed by atoms with van der Waals surface area (Å²) in [5.74, 6) is 2.57. The SMILES string of the molecule is CCNC(=NCC(C)(C)N1CCOCC1)NC1CCN(Cc2cc(OC)cc(OC)c2)C1. The van der Waals surface area contributed by atoms with Gasteiger partial charge in [-0.1, -0.05) is 0 Å². The molecule has 3 rings (SSSR count). The summed E-state index contributed by atoms with van der Waals surface area (Å²) >= 11 is 0. The van der Waals surface area contributed by atoms with Gasteiger partial charge in [-0.05, 0) is 44.9 Å². The fourth-order valence-corrected chi connectivity index (χ4v) is 4.36. The smallest absolute Gasteiger partial charge is 0.191 e. The van der Waals surface area contributed by atoms with Crippen LogP contribution in [0.3, 0.4) is 0 Å². The maximum absolute atomic E-state index is 5.51. The van der Waals surface area contributed by atoms with E-state index < -0.39 is 0 Å². The lowest BCUT2D eigenvalue weighted by Gasteiger charge is -2.40. The van der Waals surface area contributed by atoms with Crippen LogP contribution in [0.2, 0.25) is 0 Å². The molecule has 0 amide bonds. The first-order valence-corrected chi connectivity index (χ1v) is 11.8. The summed E-state index contributed by atoms with van der Waals surface area (Å²) in [5.41, 5.74) is 1.22. The third-order valence-electron chi connectivity index (χ3n) is 6.27. The van der Waals surface area contributed by atoms with Gasteiger partial charge in [0.15, 0.2) is 5.96 Å². The van der Waals surface area contributed by atoms with Crippen molar-refractivity contribution < 1.29 is 14.2 Å². The van der Waals surface area contributed by atoms with Gasteiger partial charge >= 0.3 is 0 Å². The summed E-state index contributed by atoms with van der Waals surface area (Å²) in [7, 11) is 3.38. The lowest BCUT2D eigenvalue weighted by atomic mass is 10.0. The number of nitrogens with one attached hydrogen (secondary N) is 2.